The Labute approximate surface area is 51.1 Å². The highest BCUT2D eigenvalue weighted by Gasteiger charge is 1.99. The molecule has 4 nitrogen and oxygen atoms in total. The van der Waals surface area contributed by atoms with Crippen molar-refractivity contribution in [1.82, 2.24) is 14.6 Å². The van der Waals surface area contributed by atoms with Gasteiger partial charge in [-0.3, -0.25) is 0 Å². The summed E-state index contributed by atoms with van der Waals surface area (Å²) in [6, 6.07) is 0. The fraction of sp³-hybridized carbons (Fsp3) is 0.200. The molecule has 0 amide bonds. The average Bonchev–Trinajstić information content (AvgIpc) is 2.35. The molecular weight excluding hydrogens is 118 g/mol. The lowest BCUT2D eigenvalue weighted by molar-refractivity contribution is 0.600. The second kappa shape index (κ2) is 1.34. The molecule has 0 saturated heterocycles. The van der Waals surface area contributed by atoms with E-state index in [2.05, 4.69) is 10.1 Å². The normalized spacial score (nSPS) is 10.8. The van der Waals surface area contributed by atoms with Gasteiger partial charge < -0.3 is 4.42 Å². The molecule has 2 aromatic heterocycles. The molecule has 0 saturated carbocycles. The van der Waals surface area contributed by atoms with Crippen molar-refractivity contribution in [1.29, 1.82) is 0 Å². The minimum Gasteiger partial charge on any atom is -0.424 e. The van der Waals surface area contributed by atoms with Crippen molar-refractivity contribution in [3.63, 3.8) is 0 Å². The van der Waals surface area contributed by atoms with Crippen LogP contribution in [-0.2, 0) is 0 Å². The average molecular weight is 123 g/mol. The number of aryl methyl sites for hydroxylation is 1. The zero-order valence-electron chi connectivity index (χ0n) is 4.90. The van der Waals surface area contributed by atoms with Gasteiger partial charge in [-0.05, 0) is 6.92 Å². The predicted octanol–water partition coefficient (Wildman–Crippen LogP) is 0.631. The third-order valence-corrected chi connectivity index (χ3v) is 1.21. The van der Waals surface area contributed by atoms with E-state index in [1.807, 2.05) is 6.92 Å². The van der Waals surface area contributed by atoms with Crippen LogP contribution in [0.25, 0.3) is 5.71 Å². The van der Waals surface area contributed by atoms with Crippen LogP contribution < -0.4 is 0 Å². The minimum atomic E-state index is 0.688. The summed E-state index contributed by atoms with van der Waals surface area (Å²) in [7, 11) is 0. The van der Waals surface area contributed by atoms with Crippen molar-refractivity contribution >= 4 is 5.71 Å². The van der Waals surface area contributed by atoms with Crippen LogP contribution in [0.1, 0.15) is 5.82 Å². The molecule has 0 unspecified atom stereocenters. The lowest BCUT2D eigenvalue weighted by Crippen LogP contribution is -1.85. The number of hydrogen-bond donors (Lipinski definition) is 0. The van der Waals surface area contributed by atoms with Crippen LogP contribution in [-0.4, -0.2) is 14.6 Å². The third kappa shape index (κ3) is 0.468. The number of imidazole rings is 1. The van der Waals surface area contributed by atoms with Gasteiger partial charge in [0.2, 0.25) is 12.1 Å². The number of aromatic nitrogens is 3. The van der Waals surface area contributed by atoms with E-state index in [-0.39, 0.29) is 0 Å². The van der Waals surface area contributed by atoms with Gasteiger partial charge in [-0.15, -0.1) is 5.10 Å². The van der Waals surface area contributed by atoms with Crippen LogP contribution in [0.5, 0.6) is 0 Å². The van der Waals surface area contributed by atoms with Crippen molar-refractivity contribution in [3.05, 3.63) is 18.4 Å². The highest BCUT2D eigenvalue weighted by Crippen LogP contribution is 2.01. The van der Waals surface area contributed by atoms with Crippen LogP contribution in [0.2, 0.25) is 0 Å². The highest BCUT2D eigenvalue weighted by molar-refractivity contribution is 5.29. The Hall–Kier alpha value is -1.32. The monoisotopic (exact) mass is 123 g/mol. The first kappa shape index (κ1) is 4.55. The fourth-order valence-corrected chi connectivity index (χ4v) is 0.763. The fourth-order valence-electron chi connectivity index (χ4n) is 0.763. The Balaban J connectivity index is 2.99. The van der Waals surface area contributed by atoms with Gasteiger partial charge in [0.15, 0.2) is 0 Å². The van der Waals surface area contributed by atoms with Gasteiger partial charge in [-0.25, -0.2) is 4.98 Å². The summed E-state index contributed by atoms with van der Waals surface area (Å²) in [4.78, 5) is 3.96. The molecule has 9 heavy (non-hydrogen) atoms. The van der Waals surface area contributed by atoms with E-state index in [0.29, 0.717) is 5.71 Å². The summed E-state index contributed by atoms with van der Waals surface area (Å²) in [6.07, 6.45) is 3.03. The maximum atomic E-state index is 4.93. The number of rotatable bonds is 0. The minimum absolute atomic E-state index is 0.688. The number of nitrogens with zero attached hydrogens (tertiary/aromatic N) is 3. The topological polar surface area (TPSA) is 43.3 Å². The molecule has 0 radical (unpaired) electrons. The molecular formula is C5H5N3O. The molecule has 4 heteroatoms. The summed E-state index contributed by atoms with van der Waals surface area (Å²) in [5, 5.41) is 3.87. The molecule has 2 aromatic rings. The van der Waals surface area contributed by atoms with Crippen molar-refractivity contribution in [3.8, 4) is 0 Å². The first-order chi connectivity index (χ1) is 4.38. The van der Waals surface area contributed by atoms with Gasteiger partial charge in [-0.2, -0.15) is 4.52 Å². The zero-order valence-corrected chi connectivity index (χ0v) is 4.90. The largest absolute Gasteiger partial charge is 0.424 e. The van der Waals surface area contributed by atoms with Crippen LogP contribution in [0.15, 0.2) is 17.0 Å². The van der Waals surface area contributed by atoms with Gasteiger partial charge in [-0.1, -0.05) is 0 Å². The SMILES string of the molecule is Cc1ncc2ocnn12. The summed E-state index contributed by atoms with van der Waals surface area (Å²) < 4.78 is 6.57. The molecule has 0 aliphatic carbocycles. The molecule has 0 aliphatic heterocycles. The summed E-state index contributed by atoms with van der Waals surface area (Å²) in [5.74, 6) is 0.846. The van der Waals surface area contributed by atoms with Gasteiger partial charge in [0.1, 0.15) is 5.82 Å². The van der Waals surface area contributed by atoms with Crippen LogP contribution in [0, 0.1) is 6.92 Å². The van der Waals surface area contributed by atoms with Crippen LogP contribution in [0.4, 0.5) is 0 Å². The van der Waals surface area contributed by atoms with E-state index < -0.39 is 0 Å². The van der Waals surface area contributed by atoms with E-state index in [1.165, 1.54) is 6.39 Å². The number of hydrogen-bond acceptors (Lipinski definition) is 3. The Bertz CT molecular complexity index is 321. The van der Waals surface area contributed by atoms with E-state index in [4.69, 9.17) is 4.42 Å². The maximum Gasteiger partial charge on any atom is 0.242 e. The molecule has 0 aliphatic rings. The summed E-state index contributed by atoms with van der Waals surface area (Å²) in [6.45, 7) is 1.87. The van der Waals surface area contributed by atoms with Crippen molar-refractivity contribution in [2.24, 2.45) is 0 Å². The van der Waals surface area contributed by atoms with Gasteiger partial charge in [0, 0.05) is 0 Å². The van der Waals surface area contributed by atoms with Crippen molar-refractivity contribution in [2.45, 2.75) is 6.92 Å². The Morgan fingerprint density at radius 2 is 2.56 bits per heavy atom. The molecule has 0 atom stereocenters. The third-order valence-electron chi connectivity index (χ3n) is 1.21. The maximum absolute atomic E-state index is 4.93. The van der Waals surface area contributed by atoms with E-state index >= 15 is 0 Å². The van der Waals surface area contributed by atoms with Crippen LogP contribution in [0.3, 0.4) is 0 Å². The van der Waals surface area contributed by atoms with Gasteiger partial charge in [0.05, 0.1) is 6.20 Å². The smallest absolute Gasteiger partial charge is 0.242 e. The van der Waals surface area contributed by atoms with E-state index in [1.54, 1.807) is 10.7 Å². The molecule has 0 fully saturated rings. The number of fused-ring (bicyclic) bond motifs is 1. The molecule has 2 heterocycles. The quantitative estimate of drug-likeness (QED) is 0.516. The first-order valence-electron chi connectivity index (χ1n) is 2.62. The van der Waals surface area contributed by atoms with Gasteiger partial charge >= 0.3 is 0 Å². The van der Waals surface area contributed by atoms with Gasteiger partial charge in [0.25, 0.3) is 0 Å². The molecule has 46 valence electrons. The Kier molecular flexibility index (Phi) is 0.677. The van der Waals surface area contributed by atoms with E-state index in [9.17, 15) is 0 Å². The predicted molar refractivity (Wildman–Crippen MR) is 30.0 cm³/mol. The Morgan fingerprint density at radius 1 is 1.67 bits per heavy atom. The molecule has 2 rings (SSSR count). The standard InChI is InChI=1S/C5H5N3O/c1-4-6-2-5-8(4)7-3-9-5/h2-3H,1H3. The van der Waals surface area contributed by atoms with Crippen molar-refractivity contribution in [2.75, 3.05) is 0 Å². The second-order valence-corrected chi connectivity index (χ2v) is 1.79. The highest BCUT2D eigenvalue weighted by atomic mass is 16.4. The first-order valence-corrected chi connectivity index (χ1v) is 2.62. The summed E-state index contributed by atoms with van der Waals surface area (Å²) in [5.41, 5.74) is 0.688. The lowest BCUT2D eigenvalue weighted by atomic mass is 10.7. The van der Waals surface area contributed by atoms with Crippen molar-refractivity contribution < 1.29 is 4.42 Å². The van der Waals surface area contributed by atoms with Crippen LogP contribution >= 0.6 is 0 Å². The molecule has 0 bridgehead atoms. The molecule has 0 aromatic carbocycles. The summed E-state index contributed by atoms with van der Waals surface area (Å²) >= 11 is 0. The lowest BCUT2D eigenvalue weighted by Gasteiger charge is -1.78. The molecule has 0 N–H and O–H groups in total. The Morgan fingerprint density at radius 3 is 3.33 bits per heavy atom. The second-order valence-electron chi connectivity index (χ2n) is 1.79. The zero-order chi connectivity index (χ0) is 6.27. The molecule has 0 spiro atoms. The van der Waals surface area contributed by atoms with E-state index in [0.717, 1.165) is 5.82 Å².